The van der Waals surface area contributed by atoms with Gasteiger partial charge in [-0.3, -0.25) is 0 Å². The van der Waals surface area contributed by atoms with E-state index in [4.69, 9.17) is 4.74 Å². The Morgan fingerprint density at radius 2 is 2.00 bits per heavy atom. The molecule has 0 saturated heterocycles. The summed E-state index contributed by atoms with van der Waals surface area (Å²) in [4.78, 5) is 17.2. The second-order valence-electron chi connectivity index (χ2n) is 4.48. The summed E-state index contributed by atoms with van der Waals surface area (Å²) < 4.78 is 5.10. The van der Waals surface area contributed by atoms with E-state index in [1.165, 1.54) is 6.33 Å². The summed E-state index contributed by atoms with van der Waals surface area (Å²) in [6, 6.07) is 1.73. The monoisotopic (exact) mass is 273 g/mol. The number of ether oxygens (including phenoxy) is 1. The summed E-state index contributed by atoms with van der Waals surface area (Å²) in [6.07, 6.45) is 2.49. The van der Waals surface area contributed by atoms with E-state index in [0.717, 1.165) is 30.0 Å². The van der Waals surface area contributed by atoms with Crippen LogP contribution < -0.4 is 10.1 Å². The van der Waals surface area contributed by atoms with E-state index in [1.54, 1.807) is 13.2 Å². The van der Waals surface area contributed by atoms with Crippen molar-refractivity contribution in [2.45, 2.75) is 27.2 Å². The smallest absolute Gasteiger partial charge is 0.216 e. The fourth-order valence-corrected chi connectivity index (χ4v) is 1.73. The van der Waals surface area contributed by atoms with Gasteiger partial charge in [0, 0.05) is 23.9 Å². The summed E-state index contributed by atoms with van der Waals surface area (Å²) in [5.74, 6) is 1.93. The van der Waals surface area contributed by atoms with Gasteiger partial charge in [0.05, 0.1) is 7.11 Å². The van der Waals surface area contributed by atoms with Crippen LogP contribution >= 0.6 is 0 Å². The molecule has 0 amide bonds. The number of nitrogens with zero attached hydrogens (tertiary/aromatic N) is 4. The number of methoxy groups -OCH3 is 1. The fourth-order valence-electron chi connectivity index (χ4n) is 1.73. The molecule has 0 aliphatic carbocycles. The maximum Gasteiger partial charge on any atom is 0.216 e. The first-order chi connectivity index (χ1) is 9.65. The lowest BCUT2D eigenvalue weighted by Crippen LogP contribution is -2.08. The summed E-state index contributed by atoms with van der Waals surface area (Å²) >= 11 is 0. The Bertz CT molecular complexity index is 600. The summed E-state index contributed by atoms with van der Waals surface area (Å²) in [7, 11) is 1.57. The zero-order chi connectivity index (χ0) is 14.5. The number of nitrogens with one attached hydrogen (secondary N) is 1. The Hall–Kier alpha value is -2.24. The first kappa shape index (κ1) is 14.2. The largest absolute Gasteiger partial charge is 0.481 e. The molecule has 0 radical (unpaired) electrons. The Morgan fingerprint density at radius 3 is 2.70 bits per heavy atom. The minimum absolute atomic E-state index is 0.500. The van der Waals surface area contributed by atoms with Crippen molar-refractivity contribution >= 4 is 5.82 Å². The van der Waals surface area contributed by atoms with E-state index in [2.05, 4.69) is 32.2 Å². The third kappa shape index (κ3) is 3.01. The first-order valence-corrected chi connectivity index (χ1v) is 6.61. The highest BCUT2D eigenvalue weighted by molar-refractivity contribution is 5.56. The van der Waals surface area contributed by atoms with Gasteiger partial charge < -0.3 is 10.1 Å². The van der Waals surface area contributed by atoms with Crippen LogP contribution in [-0.4, -0.2) is 33.6 Å². The maximum atomic E-state index is 5.10. The maximum absolute atomic E-state index is 5.10. The van der Waals surface area contributed by atoms with Gasteiger partial charge in [0.2, 0.25) is 5.88 Å². The molecular weight excluding hydrogens is 254 g/mol. The third-order valence-corrected chi connectivity index (χ3v) is 3.01. The Balaban J connectivity index is 2.43. The Kier molecular flexibility index (Phi) is 4.45. The van der Waals surface area contributed by atoms with Gasteiger partial charge in [-0.1, -0.05) is 6.92 Å². The van der Waals surface area contributed by atoms with Gasteiger partial charge in [-0.25, -0.2) is 19.9 Å². The molecule has 6 heteroatoms. The van der Waals surface area contributed by atoms with Crippen molar-refractivity contribution in [2.24, 2.45) is 0 Å². The third-order valence-electron chi connectivity index (χ3n) is 3.01. The standard InChI is InChI=1S/C14H19N5O/c1-5-6-15-13-9(2)10(3)18-14(19-13)11-7-12(20-4)17-8-16-11/h7-8H,5-6H2,1-4H3,(H,15,18,19). The van der Waals surface area contributed by atoms with Crippen molar-refractivity contribution in [3.8, 4) is 17.4 Å². The fraction of sp³-hybridized carbons (Fsp3) is 0.429. The molecule has 0 fully saturated rings. The number of hydrogen-bond donors (Lipinski definition) is 1. The van der Waals surface area contributed by atoms with E-state index < -0.39 is 0 Å². The zero-order valence-corrected chi connectivity index (χ0v) is 12.3. The topological polar surface area (TPSA) is 72.8 Å². The van der Waals surface area contributed by atoms with Crippen LogP contribution in [0.25, 0.3) is 11.5 Å². The molecule has 6 nitrogen and oxygen atoms in total. The van der Waals surface area contributed by atoms with E-state index >= 15 is 0 Å². The average Bonchev–Trinajstić information content (AvgIpc) is 2.48. The van der Waals surface area contributed by atoms with Crippen molar-refractivity contribution in [3.63, 3.8) is 0 Å². The number of aryl methyl sites for hydroxylation is 1. The molecule has 0 atom stereocenters. The van der Waals surface area contributed by atoms with Crippen LogP contribution in [-0.2, 0) is 0 Å². The van der Waals surface area contributed by atoms with Crippen molar-refractivity contribution in [3.05, 3.63) is 23.7 Å². The molecule has 2 aromatic heterocycles. The van der Waals surface area contributed by atoms with Gasteiger partial charge in [0.25, 0.3) is 0 Å². The van der Waals surface area contributed by atoms with Crippen LogP contribution in [0.5, 0.6) is 5.88 Å². The van der Waals surface area contributed by atoms with E-state index in [1.807, 2.05) is 13.8 Å². The number of aromatic nitrogens is 4. The molecule has 0 aliphatic heterocycles. The molecule has 0 unspecified atom stereocenters. The molecule has 0 saturated carbocycles. The number of anilines is 1. The van der Waals surface area contributed by atoms with E-state index in [9.17, 15) is 0 Å². The lowest BCUT2D eigenvalue weighted by molar-refractivity contribution is 0.397. The quantitative estimate of drug-likeness (QED) is 0.901. The summed E-state index contributed by atoms with van der Waals surface area (Å²) in [6.45, 7) is 6.98. The van der Waals surface area contributed by atoms with E-state index in [0.29, 0.717) is 17.4 Å². The van der Waals surface area contributed by atoms with Crippen LogP contribution in [0.15, 0.2) is 12.4 Å². The zero-order valence-electron chi connectivity index (χ0n) is 12.3. The molecule has 2 aromatic rings. The second kappa shape index (κ2) is 6.27. The number of rotatable bonds is 5. The Labute approximate surface area is 118 Å². The molecule has 1 N–H and O–H groups in total. The van der Waals surface area contributed by atoms with E-state index in [-0.39, 0.29) is 0 Å². The van der Waals surface area contributed by atoms with Crippen LogP contribution in [0.3, 0.4) is 0 Å². The van der Waals surface area contributed by atoms with Crippen LogP contribution in [0, 0.1) is 13.8 Å². The van der Waals surface area contributed by atoms with Crippen molar-refractivity contribution < 1.29 is 4.74 Å². The molecule has 0 aliphatic rings. The lowest BCUT2D eigenvalue weighted by atomic mass is 10.2. The van der Waals surface area contributed by atoms with Gasteiger partial charge in [-0.2, -0.15) is 0 Å². The summed E-state index contributed by atoms with van der Waals surface area (Å²) in [5.41, 5.74) is 2.65. The van der Waals surface area contributed by atoms with Crippen LogP contribution in [0.1, 0.15) is 24.6 Å². The molecule has 0 bridgehead atoms. The Morgan fingerprint density at radius 1 is 1.20 bits per heavy atom. The van der Waals surface area contributed by atoms with Crippen molar-refractivity contribution in [1.82, 2.24) is 19.9 Å². The van der Waals surface area contributed by atoms with Gasteiger partial charge in [-0.05, 0) is 20.3 Å². The molecule has 20 heavy (non-hydrogen) atoms. The van der Waals surface area contributed by atoms with Crippen molar-refractivity contribution in [1.29, 1.82) is 0 Å². The second-order valence-corrected chi connectivity index (χ2v) is 4.48. The van der Waals surface area contributed by atoms with Crippen LogP contribution in [0.4, 0.5) is 5.82 Å². The lowest BCUT2D eigenvalue weighted by Gasteiger charge is -2.11. The molecule has 2 rings (SSSR count). The first-order valence-electron chi connectivity index (χ1n) is 6.61. The molecule has 0 spiro atoms. The highest BCUT2D eigenvalue weighted by Crippen LogP contribution is 2.21. The molecule has 106 valence electrons. The summed E-state index contributed by atoms with van der Waals surface area (Å²) in [5, 5.41) is 3.32. The minimum Gasteiger partial charge on any atom is -0.481 e. The van der Waals surface area contributed by atoms with Gasteiger partial charge in [0.15, 0.2) is 5.82 Å². The highest BCUT2D eigenvalue weighted by Gasteiger charge is 2.11. The van der Waals surface area contributed by atoms with Gasteiger partial charge >= 0.3 is 0 Å². The molecule has 0 aromatic carbocycles. The highest BCUT2D eigenvalue weighted by atomic mass is 16.5. The van der Waals surface area contributed by atoms with Gasteiger partial charge in [-0.15, -0.1) is 0 Å². The number of hydrogen-bond acceptors (Lipinski definition) is 6. The van der Waals surface area contributed by atoms with Gasteiger partial charge in [0.1, 0.15) is 17.8 Å². The predicted molar refractivity (Wildman–Crippen MR) is 77.9 cm³/mol. The average molecular weight is 273 g/mol. The minimum atomic E-state index is 0.500. The van der Waals surface area contributed by atoms with Crippen LogP contribution in [0.2, 0.25) is 0 Å². The molecule has 2 heterocycles. The predicted octanol–water partition coefficient (Wildman–Crippen LogP) is 2.38. The SMILES string of the molecule is CCCNc1nc(-c2cc(OC)ncn2)nc(C)c1C. The van der Waals surface area contributed by atoms with Crippen molar-refractivity contribution in [2.75, 3.05) is 19.0 Å². The molecular formula is C14H19N5O. The normalized spacial score (nSPS) is 10.4.